The fourth-order valence-electron chi connectivity index (χ4n) is 2.05. The number of amides is 2. The summed E-state index contributed by atoms with van der Waals surface area (Å²) in [5, 5.41) is 20.8. The molecular weight excluding hydrogens is 306 g/mol. The van der Waals surface area contributed by atoms with Gasteiger partial charge in [-0.25, -0.2) is 0 Å². The second-order valence-electron chi connectivity index (χ2n) is 4.82. The number of primary amides is 1. The van der Waals surface area contributed by atoms with Gasteiger partial charge in [-0.15, -0.1) is 0 Å². The van der Waals surface area contributed by atoms with Gasteiger partial charge in [-0.2, -0.15) is 9.78 Å². The maximum atomic E-state index is 11.9. The molecule has 0 aliphatic heterocycles. The Labute approximate surface area is 130 Å². The number of hydrogen-bond donors (Lipinski definition) is 2. The molecule has 0 atom stereocenters. The molecule has 2 heterocycles. The standard InChI is InChI=1S/C12H15N7O4/c1-7-5-9(19(22)23)16-18(7)4-3-10(20)15-8-6-14-17(2)11(8)12(13)21/h5-6H,3-4H2,1-2H3,(H2,13,21)(H,15,20). The van der Waals surface area contributed by atoms with E-state index in [1.807, 2.05) is 0 Å². The van der Waals surface area contributed by atoms with Gasteiger partial charge >= 0.3 is 5.82 Å². The predicted octanol–water partition coefficient (Wildman–Crippen LogP) is -0.0391. The lowest BCUT2D eigenvalue weighted by Gasteiger charge is -2.05. The molecule has 0 saturated carbocycles. The molecule has 11 nitrogen and oxygen atoms in total. The number of carbonyl (C=O) groups is 2. The molecule has 2 amide bonds. The van der Waals surface area contributed by atoms with E-state index in [2.05, 4.69) is 15.5 Å². The maximum Gasteiger partial charge on any atom is 0.390 e. The smallest absolute Gasteiger partial charge is 0.364 e. The highest BCUT2D eigenvalue weighted by Gasteiger charge is 2.18. The Morgan fingerprint density at radius 2 is 2.17 bits per heavy atom. The molecule has 2 aromatic rings. The summed E-state index contributed by atoms with van der Waals surface area (Å²) in [5.74, 6) is -1.37. The first kappa shape index (κ1) is 16.1. The SMILES string of the molecule is Cc1cc([N+](=O)[O-])nn1CCC(=O)Nc1cnn(C)c1C(N)=O. The maximum absolute atomic E-state index is 11.9. The van der Waals surface area contributed by atoms with Crippen LogP contribution in [0.15, 0.2) is 12.3 Å². The first-order valence-electron chi connectivity index (χ1n) is 6.60. The lowest BCUT2D eigenvalue weighted by molar-refractivity contribution is -0.389. The molecule has 0 fully saturated rings. The quantitative estimate of drug-likeness (QED) is 0.562. The number of hydrogen-bond acceptors (Lipinski definition) is 6. The fraction of sp³-hybridized carbons (Fsp3) is 0.333. The summed E-state index contributed by atoms with van der Waals surface area (Å²) in [6.07, 6.45) is 1.34. The third-order valence-electron chi connectivity index (χ3n) is 3.15. The van der Waals surface area contributed by atoms with E-state index in [0.29, 0.717) is 5.69 Å². The number of rotatable bonds is 6. The average Bonchev–Trinajstić information content (AvgIpc) is 3.00. The molecule has 3 N–H and O–H groups in total. The number of nitrogens with two attached hydrogens (primary N) is 1. The molecule has 2 rings (SSSR count). The highest BCUT2D eigenvalue weighted by atomic mass is 16.6. The van der Waals surface area contributed by atoms with Gasteiger partial charge in [-0.1, -0.05) is 0 Å². The van der Waals surface area contributed by atoms with Gasteiger partial charge in [-0.3, -0.25) is 14.3 Å². The molecule has 0 saturated heterocycles. The van der Waals surface area contributed by atoms with E-state index in [4.69, 9.17) is 5.73 Å². The van der Waals surface area contributed by atoms with Crippen LogP contribution in [0.25, 0.3) is 0 Å². The van der Waals surface area contributed by atoms with Crippen LogP contribution >= 0.6 is 0 Å². The molecule has 0 aliphatic rings. The molecule has 0 aliphatic carbocycles. The largest absolute Gasteiger partial charge is 0.390 e. The molecule has 2 aromatic heterocycles. The van der Waals surface area contributed by atoms with Crippen molar-refractivity contribution in [3.8, 4) is 0 Å². The van der Waals surface area contributed by atoms with E-state index in [-0.39, 0.29) is 30.2 Å². The predicted molar refractivity (Wildman–Crippen MR) is 78.6 cm³/mol. The second-order valence-corrected chi connectivity index (χ2v) is 4.82. The molecule has 0 spiro atoms. The number of aromatic nitrogens is 4. The molecule has 0 unspecified atom stereocenters. The van der Waals surface area contributed by atoms with Crippen LogP contribution in [0.1, 0.15) is 22.6 Å². The first-order valence-corrected chi connectivity index (χ1v) is 6.60. The van der Waals surface area contributed by atoms with Gasteiger partial charge < -0.3 is 21.2 Å². The molecule has 0 radical (unpaired) electrons. The van der Waals surface area contributed by atoms with Crippen LogP contribution in [0, 0.1) is 17.0 Å². The van der Waals surface area contributed by atoms with Crippen molar-refractivity contribution < 1.29 is 14.5 Å². The molecule has 23 heavy (non-hydrogen) atoms. The third-order valence-corrected chi connectivity index (χ3v) is 3.15. The van der Waals surface area contributed by atoms with Crippen LogP contribution in [0.5, 0.6) is 0 Å². The molecule has 0 bridgehead atoms. The van der Waals surface area contributed by atoms with E-state index >= 15 is 0 Å². The summed E-state index contributed by atoms with van der Waals surface area (Å²) in [4.78, 5) is 33.3. The normalized spacial score (nSPS) is 10.5. The Kier molecular flexibility index (Phi) is 4.39. The average molecular weight is 321 g/mol. The zero-order valence-electron chi connectivity index (χ0n) is 12.5. The van der Waals surface area contributed by atoms with Crippen LogP contribution < -0.4 is 11.1 Å². The fourth-order valence-corrected chi connectivity index (χ4v) is 2.05. The zero-order chi connectivity index (χ0) is 17.1. The minimum absolute atomic E-state index is 0.0206. The van der Waals surface area contributed by atoms with Crippen molar-refractivity contribution >= 4 is 23.3 Å². The Morgan fingerprint density at radius 3 is 2.74 bits per heavy atom. The summed E-state index contributed by atoms with van der Waals surface area (Å²) < 4.78 is 2.63. The minimum atomic E-state index is -0.709. The van der Waals surface area contributed by atoms with Gasteiger partial charge in [-0.05, 0) is 11.8 Å². The Hall–Kier alpha value is -3.24. The van der Waals surface area contributed by atoms with Crippen molar-refractivity contribution in [2.24, 2.45) is 12.8 Å². The monoisotopic (exact) mass is 321 g/mol. The van der Waals surface area contributed by atoms with Gasteiger partial charge in [0.15, 0.2) is 0 Å². The van der Waals surface area contributed by atoms with E-state index in [1.165, 1.54) is 28.7 Å². The molecule has 0 aromatic carbocycles. The Balaban J connectivity index is 2.01. The number of nitrogens with one attached hydrogen (secondary N) is 1. The number of aryl methyl sites for hydroxylation is 3. The Morgan fingerprint density at radius 1 is 1.48 bits per heavy atom. The van der Waals surface area contributed by atoms with E-state index in [9.17, 15) is 19.7 Å². The van der Waals surface area contributed by atoms with Gasteiger partial charge in [0.1, 0.15) is 5.69 Å². The number of nitro groups is 1. The van der Waals surface area contributed by atoms with Crippen molar-refractivity contribution in [1.29, 1.82) is 0 Å². The van der Waals surface area contributed by atoms with E-state index in [1.54, 1.807) is 6.92 Å². The van der Waals surface area contributed by atoms with Crippen molar-refractivity contribution in [2.45, 2.75) is 19.9 Å². The summed E-state index contributed by atoms with van der Waals surface area (Å²) >= 11 is 0. The second kappa shape index (κ2) is 6.25. The molecule has 11 heteroatoms. The highest BCUT2D eigenvalue weighted by molar-refractivity contribution is 6.01. The molecule has 122 valence electrons. The van der Waals surface area contributed by atoms with Crippen LogP contribution in [-0.4, -0.2) is 36.3 Å². The lowest BCUT2D eigenvalue weighted by atomic mass is 10.3. The summed E-state index contributed by atoms with van der Waals surface area (Å²) in [7, 11) is 1.53. The van der Waals surface area contributed by atoms with E-state index in [0.717, 1.165) is 0 Å². The lowest BCUT2D eigenvalue weighted by Crippen LogP contribution is -2.21. The topological polar surface area (TPSA) is 151 Å². The van der Waals surface area contributed by atoms with Crippen molar-refractivity contribution in [1.82, 2.24) is 19.6 Å². The van der Waals surface area contributed by atoms with Gasteiger partial charge in [0.25, 0.3) is 5.91 Å². The van der Waals surface area contributed by atoms with Crippen LogP contribution in [-0.2, 0) is 18.4 Å². The highest BCUT2D eigenvalue weighted by Crippen LogP contribution is 2.14. The Bertz CT molecular complexity index is 776. The van der Waals surface area contributed by atoms with Crippen molar-refractivity contribution in [3.63, 3.8) is 0 Å². The zero-order valence-corrected chi connectivity index (χ0v) is 12.5. The summed E-state index contributed by atoms with van der Waals surface area (Å²) in [6, 6.07) is 1.32. The first-order chi connectivity index (χ1) is 10.8. The van der Waals surface area contributed by atoms with Gasteiger partial charge in [0, 0.05) is 13.5 Å². The van der Waals surface area contributed by atoms with Crippen molar-refractivity contribution in [3.05, 3.63) is 33.8 Å². The number of nitrogens with zero attached hydrogens (tertiary/aromatic N) is 5. The number of anilines is 1. The summed E-state index contributed by atoms with van der Waals surface area (Å²) in [5.41, 5.74) is 6.10. The summed E-state index contributed by atoms with van der Waals surface area (Å²) in [6.45, 7) is 1.82. The van der Waals surface area contributed by atoms with Gasteiger partial charge in [0.05, 0.1) is 35.3 Å². The number of carbonyl (C=O) groups excluding carboxylic acids is 2. The van der Waals surface area contributed by atoms with Crippen molar-refractivity contribution in [2.75, 3.05) is 5.32 Å². The molecular formula is C12H15N7O4. The van der Waals surface area contributed by atoms with E-state index < -0.39 is 16.7 Å². The van der Waals surface area contributed by atoms with Gasteiger partial charge in [0.2, 0.25) is 5.91 Å². The third kappa shape index (κ3) is 3.51. The van der Waals surface area contributed by atoms with Crippen LogP contribution in [0.2, 0.25) is 0 Å². The minimum Gasteiger partial charge on any atom is -0.364 e. The van der Waals surface area contributed by atoms with Crippen LogP contribution in [0.4, 0.5) is 11.5 Å². The van der Waals surface area contributed by atoms with Crippen LogP contribution in [0.3, 0.4) is 0 Å².